The van der Waals surface area contributed by atoms with Crippen LogP contribution < -0.4 is 10.6 Å². The molecule has 0 bridgehead atoms. The van der Waals surface area contributed by atoms with Crippen molar-refractivity contribution in [3.8, 4) is 0 Å². The van der Waals surface area contributed by atoms with Crippen LogP contribution in [0.4, 0.5) is 0 Å². The molecule has 1 fully saturated rings. The SMILES string of the molecule is Cc1ccc([C@H]([NH2+]CC(=O)N[C@]2(C)CCS(=O)(=O)C2)c2ccccc2)cc1. The Hall–Kier alpha value is -2.18. The number of nitrogens with two attached hydrogens (primary N) is 1. The number of nitrogens with one attached hydrogen (secondary N) is 1. The molecule has 1 saturated heterocycles. The van der Waals surface area contributed by atoms with Gasteiger partial charge >= 0.3 is 0 Å². The van der Waals surface area contributed by atoms with Gasteiger partial charge in [0.25, 0.3) is 5.91 Å². The number of benzene rings is 2. The maximum Gasteiger partial charge on any atom is 0.275 e. The monoisotopic (exact) mass is 387 g/mol. The molecule has 1 heterocycles. The Labute approximate surface area is 161 Å². The summed E-state index contributed by atoms with van der Waals surface area (Å²) in [5.74, 6) is 0.0256. The largest absolute Gasteiger partial charge is 0.345 e. The number of quaternary nitrogens is 1. The van der Waals surface area contributed by atoms with Gasteiger partial charge in [-0.3, -0.25) is 4.79 Å². The minimum atomic E-state index is -3.05. The van der Waals surface area contributed by atoms with E-state index in [2.05, 4.69) is 48.6 Å². The third kappa shape index (κ3) is 5.17. The molecule has 3 N–H and O–H groups in total. The van der Waals surface area contributed by atoms with Crippen LogP contribution in [0.5, 0.6) is 0 Å². The predicted octanol–water partition coefficient (Wildman–Crippen LogP) is 1.34. The smallest absolute Gasteiger partial charge is 0.275 e. The fourth-order valence-corrected chi connectivity index (χ4v) is 5.71. The summed E-state index contributed by atoms with van der Waals surface area (Å²) in [6.45, 7) is 4.10. The lowest BCUT2D eigenvalue weighted by molar-refractivity contribution is -0.676. The van der Waals surface area contributed by atoms with Crippen LogP contribution >= 0.6 is 0 Å². The molecule has 2 atom stereocenters. The van der Waals surface area contributed by atoms with Crippen molar-refractivity contribution in [3.05, 3.63) is 71.3 Å². The minimum Gasteiger partial charge on any atom is -0.345 e. The van der Waals surface area contributed by atoms with Gasteiger partial charge in [0, 0.05) is 11.1 Å². The van der Waals surface area contributed by atoms with E-state index in [4.69, 9.17) is 0 Å². The Morgan fingerprint density at radius 3 is 2.33 bits per heavy atom. The van der Waals surface area contributed by atoms with Crippen LogP contribution in [0, 0.1) is 6.92 Å². The molecule has 1 amide bonds. The van der Waals surface area contributed by atoms with Crippen molar-refractivity contribution in [2.75, 3.05) is 18.1 Å². The summed E-state index contributed by atoms with van der Waals surface area (Å²) in [4.78, 5) is 12.5. The predicted molar refractivity (Wildman–Crippen MR) is 106 cm³/mol. The quantitative estimate of drug-likeness (QED) is 0.785. The first-order valence-electron chi connectivity index (χ1n) is 9.23. The lowest BCUT2D eigenvalue weighted by Gasteiger charge is -2.24. The maximum atomic E-state index is 12.5. The lowest BCUT2D eigenvalue weighted by Crippen LogP contribution is -2.88. The molecule has 2 aromatic rings. The van der Waals surface area contributed by atoms with Crippen LogP contribution in [0.2, 0.25) is 0 Å². The highest BCUT2D eigenvalue weighted by Gasteiger charge is 2.39. The molecule has 0 radical (unpaired) electrons. The van der Waals surface area contributed by atoms with E-state index in [-0.39, 0.29) is 30.0 Å². The third-order valence-corrected chi connectivity index (χ3v) is 6.98. The highest BCUT2D eigenvalue weighted by molar-refractivity contribution is 7.91. The zero-order valence-corrected chi connectivity index (χ0v) is 16.6. The summed E-state index contributed by atoms with van der Waals surface area (Å²) in [5.41, 5.74) is 2.80. The number of carbonyl (C=O) groups is 1. The van der Waals surface area contributed by atoms with E-state index in [1.165, 1.54) is 5.56 Å². The van der Waals surface area contributed by atoms with Gasteiger partial charge in [0.05, 0.1) is 17.0 Å². The Kier molecular flexibility index (Phi) is 5.67. The van der Waals surface area contributed by atoms with Crippen molar-refractivity contribution in [1.82, 2.24) is 5.32 Å². The van der Waals surface area contributed by atoms with Gasteiger partial charge in [-0.25, -0.2) is 8.42 Å². The molecule has 6 heteroatoms. The van der Waals surface area contributed by atoms with Crippen molar-refractivity contribution in [2.24, 2.45) is 0 Å². The van der Waals surface area contributed by atoms with Crippen molar-refractivity contribution >= 4 is 15.7 Å². The van der Waals surface area contributed by atoms with E-state index < -0.39 is 15.4 Å². The molecular weight excluding hydrogens is 360 g/mol. The van der Waals surface area contributed by atoms with Gasteiger partial charge in [0.2, 0.25) is 0 Å². The van der Waals surface area contributed by atoms with Crippen LogP contribution in [-0.4, -0.2) is 37.9 Å². The van der Waals surface area contributed by atoms with Crippen molar-refractivity contribution in [2.45, 2.75) is 31.8 Å². The summed E-state index contributed by atoms with van der Waals surface area (Å²) in [6.07, 6.45) is 0.473. The molecule has 2 aromatic carbocycles. The van der Waals surface area contributed by atoms with Gasteiger partial charge in [-0.1, -0.05) is 60.2 Å². The fourth-order valence-electron chi connectivity index (χ4n) is 3.62. The average Bonchev–Trinajstić information content (AvgIpc) is 2.90. The number of aryl methyl sites for hydroxylation is 1. The molecule has 3 rings (SSSR count). The second kappa shape index (κ2) is 7.82. The lowest BCUT2D eigenvalue weighted by atomic mass is 9.97. The molecule has 27 heavy (non-hydrogen) atoms. The molecule has 144 valence electrons. The average molecular weight is 388 g/mol. The number of hydrogen-bond acceptors (Lipinski definition) is 3. The van der Waals surface area contributed by atoms with Crippen LogP contribution in [-0.2, 0) is 14.6 Å². The number of sulfone groups is 1. The zero-order valence-electron chi connectivity index (χ0n) is 15.8. The summed E-state index contributed by atoms with van der Waals surface area (Å²) in [7, 11) is -3.05. The number of rotatable bonds is 6. The molecule has 1 aliphatic rings. The van der Waals surface area contributed by atoms with E-state index >= 15 is 0 Å². The van der Waals surface area contributed by atoms with E-state index in [1.54, 1.807) is 0 Å². The van der Waals surface area contributed by atoms with Crippen molar-refractivity contribution in [1.29, 1.82) is 0 Å². The topological polar surface area (TPSA) is 79.8 Å². The fraction of sp³-hybridized carbons (Fsp3) is 0.381. The third-order valence-electron chi connectivity index (χ3n) is 5.08. The van der Waals surface area contributed by atoms with Gasteiger partial charge in [-0.2, -0.15) is 0 Å². The second-order valence-electron chi connectivity index (χ2n) is 7.69. The molecule has 1 aliphatic heterocycles. The normalized spacial score (nSPS) is 22.3. The number of amides is 1. The minimum absolute atomic E-state index is 0.0117. The van der Waals surface area contributed by atoms with Gasteiger partial charge < -0.3 is 10.6 Å². The van der Waals surface area contributed by atoms with Gasteiger partial charge in [0.15, 0.2) is 16.4 Å². The highest BCUT2D eigenvalue weighted by Crippen LogP contribution is 2.22. The Morgan fingerprint density at radius 1 is 1.11 bits per heavy atom. The first-order chi connectivity index (χ1) is 12.8. The standard InChI is InChI=1S/C21H26N2O3S/c1-16-8-10-18(11-9-16)20(17-6-4-3-5-7-17)22-14-19(24)23-21(2)12-13-27(25,26)15-21/h3-11,20,22H,12-15H2,1-2H3,(H,23,24)/p+1/t20-,21-/m1/s1. The van der Waals surface area contributed by atoms with Crippen molar-refractivity contribution in [3.63, 3.8) is 0 Å². The molecule has 0 spiro atoms. The summed E-state index contributed by atoms with van der Waals surface area (Å²) in [6, 6.07) is 18.4. The second-order valence-corrected chi connectivity index (χ2v) is 9.87. The van der Waals surface area contributed by atoms with E-state index in [0.29, 0.717) is 6.42 Å². The van der Waals surface area contributed by atoms with E-state index in [1.807, 2.05) is 30.4 Å². The first-order valence-corrected chi connectivity index (χ1v) is 11.0. The molecule has 5 nitrogen and oxygen atoms in total. The Balaban J connectivity index is 1.70. The van der Waals surface area contributed by atoms with Crippen molar-refractivity contribution < 1.29 is 18.5 Å². The molecule has 0 aliphatic carbocycles. The van der Waals surface area contributed by atoms with Crippen LogP contribution in [0.1, 0.15) is 36.1 Å². The maximum absolute atomic E-state index is 12.5. The number of hydrogen-bond donors (Lipinski definition) is 2. The number of carbonyl (C=O) groups excluding carboxylic acids is 1. The summed E-state index contributed by atoms with van der Waals surface area (Å²) >= 11 is 0. The summed E-state index contributed by atoms with van der Waals surface area (Å²) < 4.78 is 23.5. The van der Waals surface area contributed by atoms with Gasteiger partial charge in [0.1, 0.15) is 6.04 Å². The van der Waals surface area contributed by atoms with Crippen LogP contribution in [0.3, 0.4) is 0 Å². The highest BCUT2D eigenvalue weighted by atomic mass is 32.2. The Morgan fingerprint density at radius 2 is 1.74 bits per heavy atom. The molecule has 0 saturated carbocycles. The zero-order chi connectivity index (χ0) is 19.5. The first kappa shape index (κ1) is 19.6. The van der Waals surface area contributed by atoms with Gasteiger partial charge in [-0.05, 0) is 20.3 Å². The van der Waals surface area contributed by atoms with Crippen LogP contribution in [0.25, 0.3) is 0 Å². The van der Waals surface area contributed by atoms with Crippen LogP contribution in [0.15, 0.2) is 54.6 Å². The molecular formula is C21H27N2O3S+. The molecule has 0 unspecified atom stereocenters. The Bertz CT molecular complexity index is 895. The van der Waals surface area contributed by atoms with E-state index in [0.717, 1.165) is 11.1 Å². The summed E-state index contributed by atoms with van der Waals surface area (Å²) in [5, 5.41) is 4.93. The van der Waals surface area contributed by atoms with Gasteiger partial charge in [-0.15, -0.1) is 0 Å². The van der Waals surface area contributed by atoms with E-state index in [9.17, 15) is 13.2 Å². The molecule has 0 aromatic heterocycles.